The van der Waals surface area contributed by atoms with Gasteiger partial charge in [-0.2, -0.15) is 18.2 Å². The number of hydrogen-bond acceptors (Lipinski definition) is 5. The standard InChI is InChI=1S/C12H6F3N3OS/c13-12(14,15)10-6-20-11(18-10)19-7-1-2-8-9(5-7)17-4-3-16-8/h1-6H. The minimum absolute atomic E-state index is 0.0689. The monoisotopic (exact) mass is 297 g/mol. The Bertz CT molecular complexity index is 757. The molecule has 0 amide bonds. The van der Waals surface area contributed by atoms with Crippen LogP contribution in [0, 0.1) is 0 Å². The van der Waals surface area contributed by atoms with Gasteiger partial charge in [-0.15, -0.1) is 0 Å². The molecule has 0 aliphatic carbocycles. The van der Waals surface area contributed by atoms with Crippen LogP contribution in [0.5, 0.6) is 10.9 Å². The maximum atomic E-state index is 12.4. The molecule has 4 nitrogen and oxygen atoms in total. The Kier molecular flexibility index (Phi) is 3.01. The lowest BCUT2D eigenvalue weighted by Crippen LogP contribution is -2.04. The molecule has 3 rings (SSSR count). The molecule has 2 heterocycles. The van der Waals surface area contributed by atoms with Gasteiger partial charge in [-0.3, -0.25) is 9.97 Å². The molecule has 0 radical (unpaired) electrons. The van der Waals surface area contributed by atoms with E-state index in [0.717, 1.165) is 16.7 Å². The molecule has 102 valence electrons. The van der Waals surface area contributed by atoms with Crippen molar-refractivity contribution < 1.29 is 17.9 Å². The molecule has 0 saturated heterocycles. The third-order valence-electron chi connectivity index (χ3n) is 2.42. The van der Waals surface area contributed by atoms with Gasteiger partial charge in [0, 0.05) is 23.8 Å². The molecule has 0 saturated carbocycles. The first-order valence-corrected chi connectivity index (χ1v) is 6.32. The van der Waals surface area contributed by atoms with Crippen molar-refractivity contribution in [2.75, 3.05) is 0 Å². The number of halogens is 3. The summed E-state index contributed by atoms with van der Waals surface area (Å²) in [6, 6.07) is 4.87. The number of fused-ring (bicyclic) bond motifs is 1. The molecule has 0 fully saturated rings. The van der Waals surface area contributed by atoms with Gasteiger partial charge in [0.25, 0.3) is 5.19 Å². The maximum Gasteiger partial charge on any atom is 0.434 e. The number of rotatable bonds is 2. The molecule has 20 heavy (non-hydrogen) atoms. The van der Waals surface area contributed by atoms with Gasteiger partial charge in [0.2, 0.25) is 0 Å². The summed E-state index contributed by atoms with van der Waals surface area (Å²) in [6.45, 7) is 0. The van der Waals surface area contributed by atoms with E-state index in [0.29, 0.717) is 16.8 Å². The highest BCUT2D eigenvalue weighted by molar-refractivity contribution is 7.11. The first-order chi connectivity index (χ1) is 9.52. The molecule has 0 unspecified atom stereocenters. The molecule has 0 atom stereocenters. The predicted molar refractivity (Wildman–Crippen MR) is 66.7 cm³/mol. The second-order valence-electron chi connectivity index (χ2n) is 3.81. The molecule has 0 bridgehead atoms. The number of ether oxygens (including phenoxy) is 1. The van der Waals surface area contributed by atoms with E-state index in [-0.39, 0.29) is 5.19 Å². The minimum Gasteiger partial charge on any atom is -0.431 e. The molecule has 2 aromatic heterocycles. The Morgan fingerprint density at radius 2 is 1.80 bits per heavy atom. The van der Waals surface area contributed by atoms with Gasteiger partial charge < -0.3 is 4.74 Å². The Morgan fingerprint density at radius 3 is 2.50 bits per heavy atom. The van der Waals surface area contributed by atoms with Crippen LogP contribution in [0.25, 0.3) is 11.0 Å². The van der Waals surface area contributed by atoms with Crippen molar-refractivity contribution in [2.45, 2.75) is 6.18 Å². The number of aromatic nitrogens is 3. The third-order valence-corrected chi connectivity index (χ3v) is 3.14. The number of hydrogen-bond donors (Lipinski definition) is 0. The zero-order valence-electron chi connectivity index (χ0n) is 9.76. The van der Waals surface area contributed by atoms with E-state index in [9.17, 15) is 13.2 Å². The van der Waals surface area contributed by atoms with Crippen molar-refractivity contribution in [3.05, 3.63) is 41.7 Å². The predicted octanol–water partition coefficient (Wildman–Crippen LogP) is 3.90. The number of nitrogens with zero attached hydrogens (tertiary/aromatic N) is 3. The van der Waals surface area contributed by atoms with Crippen molar-refractivity contribution in [3.63, 3.8) is 0 Å². The summed E-state index contributed by atoms with van der Waals surface area (Å²) >= 11 is 0.787. The summed E-state index contributed by atoms with van der Waals surface area (Å²) in [5, 5.41) is 0.844. The van der Waals surface area contributed by atoms with E-state index in [1.165, 1.54) is 6.20 Å². The Labute approximate surface area is 114 Å². The lowest BCUT2D eigenvalue weighted by Gasteiger charge is -2.03. The van der Waals surface area contributed by atoms with Gasteiger partial charge in [0.15, 0.2) is 5.69 Å². The maximum absolute atomic E-state index is 12.4. The van der Waals surface area contributed by atoms with Crippen LogP contribution in [-0.2, 0) is 6.18 Å². The van der Waals surface area contributed by atoms with Crippen LogP contribution in [-0.4, -0.2) is 15.0 Å². The van der Waals surface area contributed by atoms with Gasteiger partial charge >= 0.3 is 6.18 Å². The lowest BCUT2D eigenvalue weighted by atomic mass is 10.3. The SMILES string of the molecule is FC(F)(F)c1csc(Oc2ccc3nccnc3c2)n1. The van der Waals surface area contributed by atoms with Crippen molar-refractivity contribution in [1.29, 1.82) is 0 Å². The average molecular weight is 297 g/mol. The van der Waals surface area contributed by atoms with Crippen LogP contribution >= 0.6 is 11.3 Å². The largest absolute Gasteiger partial charge is 0.434 e. The first kappa shape index (κ1) is 12.8. The van der Waals surface area contributed by atoms with Crippen molar-refractivity contribution in [3.8, 4) is 10.9 Å². The van der Waals surface area contributed by atoms with Crippen LogP contribution in [0.4, 0.5) is 13.2 Å². The topological polar surface area (TPSA) is 47.9 Å². The van der Waals surface area contributed by atoms with Gasteiger partial charge in [-0.25, -0.2) is 0 Å². The van der Waals surface area contributed by atoms with E-state index in [1.54, 1.807) is 24.4 Å². The summed E-state index contributed by atoms with van der Waals surface area (Å²) in [7, 11) is 0. The van der Waals surface area contributed by atoms with Crippen LogP contribution in [0.2, 0.25) is 0 Å². The fraction of sp³-hybridized carbons (Fsp3) is 0.0833. The molecule has 8 heteroatoms. The van der Waals surface area contributed by atoms with E-state index >= 15 is 0 Å². The van der Waals surface area contributed by atoms with Crippen LogP contribution in [0.3, 0.4) is 0 Å². The van der Waals surface area contributed by atoms with E-state index in [1.807, 2.05) is 0 Å². The lowest BCUT2D eigenvalue weighted by molar-refractivity contribution is -0.140. The van der Waals surface area contributed by atoms with Crippen molar-refractivity contribution in [1.82, 2.24) is 15.0 Å². The van der Waals surface area contributed by atoms with Gasteiger partial charge in [0.1, 0.15) is 5.75 Å². The highest BCUT2D eigenvalue weighted by atomic mass is 32.1. The van der Waals surface area contributed by atoms with Gasteiger partial charge in [0.05, 0.1) is 11.0 Å². The third kappa shape index (κ3) is 2.55. The Balaban J connectivity index is 1.87. The van der Waals surface area contributed by atoms with E-state index in [4.69, 9.17) is 4.74 Å². The molecule has 3 aromatic rings. The zero-order chi connectivity index (χ0) is 14.2. The summed E-state index contributed by atoms with van der Waals surface area (Å²) in [5.41, 5.74) is 0.311. The minimum atomic E-state index is -4.47. The normalized spacial score (nSPS) is 11.8. The Hall–Kier alpha value is -2.22. The highest BCUT2D eigenvalue weighted by Gasteiger charge is 2.34. The van der Waals surface area contributed by atoms with E-state index in [2.05, 4.69) is 15.0 Å². The number of alkyl halides is 3. The summed E-state index contributed by atoms with van der Waals surface area (Å²) in [4.78, 5) is 11.6. The van der Waals surface area contributed by atoms with E-state index < -0.39 is 11.9 Å². The van der Waals surface area contributed by atoms with Gasteiger partial charge in [-0.1, -0.05) is 11.3 Å². The summed E-state index contributed by atoms with van der Waals surface area (Å²) in [6.07, 6.45) is -1.39. The molecule has 0 aliphatic heterocycles. The van der Waals surface area contributed by atoms with Crippen LogP contribution in [0.1, 0.15) is 5.69 Å². The van der Waals surface area contributed by atoms with Crippen molar-refractivity contribution in [2.24, 2.45) is 0 Å². The smallest absolute Gasteiger partial charge is 0.431 e. The second kappa shape index (κ2) is 4.71. The first-order valence-electron chi connectivity index (χ1n) is 5.44. The molecule has 1 aromatic carbocycles. The average Bonchev–Trinajstić information content (AvgIpc) is 2.87. The fourth-order valence-corrected chi connectivity index (χ4v) is 2.24. The zero-order valence-corrected chi connectivity index (χ0v) is 10.6. The number of thiazole rings is 1. The molecule has 0 N–H and O–H groups in total. The molecule has 0 aliphatic rings. The van der Waals surface area contributed by atoms with Gasteiger partial charge in [-0.05, 0) is 12.1 Å². The highest BCUT2D eigenvalue weighted by Crippen LogP contribution is 2.34. The molecular formula is C12H6F3N3OS. The molecular weight excluding hydrogens is 291 g/mol. The second-order valence-corrected chi connectivity index (χ2v) is 4.63. The van der Waals surface area contributed by atoms with Crippen LogP contribution in [0.15, 0.2) is 36.0 Å². The van der Waals surface area contributed by atoms with Crippen molar-refractivity contribution >= 4 is 22.4 Å². The van der Waals surface area contributed by atoms with Crippen LogP contribution < -0.4 is 4.74 Å². The summed E-state index contributed by atoms with van der Waals surface area (Å²) in [5.74, 6) is 0.362. The Morgan fingerprint density at radius 1 is 1.05 bits per heavy atom. The fourth-order valence-electron chi connectivity index (χ4n) is 1.54. The quantitative estimate of drug-likeness (QED) is 0.720. The number of benzene rings is 1. The summed E-state index contributed by atoms with van der Waals surface area (Å²) < 4.78 is 42.6. The molecule has 0 spiro atoms.